The highest BCUT2D eigenvalue weighted by Gasteiger charge is 2.12. The minimum Gasteiger partial charge on any atom is -0.495 e. The van der Waals surface area contributed by atoms with E-state index in [1.807, 2.05) is 6.92 Å². The zero-order valence-corrected chi connectivity index (χ0v) is 11.8. The third-order valence-electron chi connectivity index (χ3n) is 2.66. The normalized spacial score (nSPS) is 9.90. The van der Waals surface area contributed by atoms with E-state index in [2.05, 4.69) is 5.32 Å². The number of nitrogens with two attached hydrogens (primary N) is 1. The smallest absolute Gasteiger partial charge is 0.338 e. The lowest BCUT2D eigenvalue weighted by Gasteiger charge is -2.08. The number of ether oxygens (including phenoxy) is 2. The Bertz CT molecular complexity index is 474. The number of rotatable bonds is 7. The van der Waals surface area contributed by atoms with Gasteiger partial charge in [0.25, 0.3) is 5.91 Å². The van der Waals surface area contributed by atoms with Gasteiger partial charge in [-0.3, -0.25) is 4.79 Å². The SMILES string of the molecule is CCCCNC(=O)COC(=O)c1ccc(N)c(OC)c1. The molecule has 6 heteroatoms. The van der Waals surface area contributed by atoms with Crippen molar-refractivity contribution in [2.24, 2.45) is 0 Å². The molecule has 20 heavy (non-hydrogen) atoms. The average molecular weight is 280 g/mol. The third-order valence-corrected chi connectivity index (χ3v) is 2.66. The molecular weight excluding hydrogens is 260 g/mol. The minimum absolute atomic E-state index is 0.289. The standard InChI is InChI=1S/C14H20N2O4/c1-3-4-7-16-13(17)9-20-14(18)10-5-6-11(15)12(8-10)19-2/h5-6,8H,3-4,7,9,15H2,1-2H3,(H,16,17). The summed E-state index contributed by atoms with van der Waals surface area (Å²) >= 11 is 0. The predicted octanol–water partition coefficient (Wildman–Crippen LogP) is 1.35. The van der Waals surface area contributed by atoms with Crippen molar-refractivity contribution in [2.45, 2.75) is 19.8 Å². The van der Waals surface area contributed by atoms with Gasteiger partial charge in [-0.2, -0.15) is 0 Å². The fourth-order valence-electron chi connectivity index (χ4n) is 1.51. The second kappa shape index (κ2) is 8.04. The van der Waals surface area contributed by atoms with Gasteiger partial charge in [0.05, 0.1) is 18.4 Å². The molecule has 0 radical (unpaired) electrons. The van der Waals surface area contributed by atoms with Crippen LogP contribution in [0.5, 0.6) is 5.75 Å². The largest absolute Gasteiger partial charge is 0.495 e. The van der Waals surface area contributed by atoms with Crippen LogP contribution in [-0.2, 0) is 9.53 Å². The number of esters is 1. The number of carbonyl (C=O) groups is 2. The van der Waals surface area contributed by atoms with Gasteiger partial charge < -0.3 is 20.5 Å². The van der Waals surface area contributed by atoms with E-state index in [0.717, 1.165) is 12.8 Å². The summed E-state index contributed by atoms with van der Waals surface area (Å²) in [7, 11) is 1.46. The summed E-state index contributed by atoms with van der Waals surface area (Å²) in [6.07, 6.45) is 1.89. The molecule has 0 heterocycles. The maximum atomic E-state index is 11.8. The highest BCUT2D eigenvalue weighted by molar-refractivity contribution is 5.92. The van der Waals surface area contributed by atoms with Crippen LogP contribution >= 0.6 is 0 Å². The summed E-state index contributed by atoms with van der Waals surface area (Å²) in [5.74, 6) is -0.505. The Morgan fingerprint density at radius 3 is 2.75 bits per heavy atom. The summed E-state index contributed by atoms with van der Waals surface area (Å²) in [4.78, 5) is 23.2. The van der Waals surface area contributed by atoms with Gasteiger partial charge in [-0.15, -0.1) is 0 Å². The number of amides is 1. The van der Waals surface area contributed by atoms with Crippen LogP contribution in [0.4, 0.5) is 5.69 Å². The van der Waals surface area contributed by atoms with E-state index >= 15 is 0 Å². The van der Waals surface area contributed by atoms with Crippen LogP contribution in [0.2, 0.25) is 0 Å². The van der Waals surface area contributed by atoms with Crippen molar-refractivity contribution in [1.29, 1.82) is 0 Å². The number of nitrogen functional groups attached to an aromatic ring is 1. The van der Waals surface area contributed by atoms with Gasteiger partial charge in [-0.25, -0.2) is 4.79 Å². The van der Waals surface area contributed by atoms with Gasteiger partial charge in [-0.05, 0) is 24.6 Å². The molecule has 0 unspecified atom stereocenters. The molecule has 0 saturated heterocycles. The van der Waals surface area contributed by atoms with E-state index < -0.39 is 5.97 Å². The molecular formula is C14H20N2O4. The van der Waals surface area contributed by atoms with E-state index in [1.54, 1.807) is 6.07 Å². The second-order valence-electron chi connectivity index (χ2n) is 4.24. The van der Waals surface area contributed by atoms with Crippen molar-refractivity contribution in [3.8, 4) is 5.75 Å². The molecule has 3 N–H and O–H groups in total. The first kappa shape index (κ1) is 15.8. The Balaban J connectivity index is 2.48. The molecule has 0 saturated carbocycles. The van der Waals surface area contributed by atoms with Crippen LogP contribution in [-0.4, -0.2) is 32.1 Å². The molecule has 0 atom stereocenters. The van der Waals surface area contributed by atoms with Crippen molar-refractivity contribution in [3.63, 3.8) is 0 Å². The Labute approximate surface area is 118 Å². The van der Waals surface area contributed by atoms with Gasteiger partial charge in [0.1, 0.15) is 5.75 Å². The lowest BCUT2D eigenvalue weighted by atomic mass is 10.2. The third kappa shape index (κ3) is 4.79. The van der Waals surface area contributed by atoms with Crippen molar-refractivity contribution in [2.75, 3.05) is 26.0 Å². The van der Waals surface area contributed by atoms with Crippen LogP contribution in [0.25, 0.3) is 0 Å². The Morgan fingerprint density at radius 2 is 2.10 bits per heavy atom. The first-order chi connectivity index (χ1) is 9.58. The van der Waals surface area contributed by atoms with Crippen molar-refractivity contribution < 1.29 is 19.1 Å². The number of unbranched alkanes of at least 4 members (excludes halogenated alkanes) is 1. The summed E-state index contributed by atoms with van der Waals surface area (Å²) in [5.41, 5.74) is 6.37. The predicted molar refractivity (Wildman–Crippen MR) is 75.6 cm³/mol. The molecule has 0 aromatic heterocycles. The molecule has 0 fully saturated rings. The summed E-state index contributed by atoms with van der Waals surface area (Å²) in [6, 6.07) is 4.55. The summed E-state index contributed by atoms with van der Waals surface area (Å²) in [6.45, 7) is 2.32. The van der Waals surface area contributed by atoms with Crippen LogP contribution < -0.4 is 15.8 Å². The minimum atomic E-state index is -0.589. The molecule has 0 aliphatic heterocycles. The number of anilines is 1. The number of benzene rings is 1. The summed E-state index contributed by atoms with van der Waals surface area (Å²) in [5, 5.41) is 2.66. The lowest BCUT2D eigenvalue weighted by molar-refractivity contribution is -0.124. The number of hydrogen-bond acceptors (Lipinski definition) is 5. The van der Waals surface area contributed by atoms with Gasteiger partial charge in [0.15, 0.2) is 6.61 Å². The zero-order valence-electron chi connectivity index (χ0n) is 11.8. The second-order valence-corrected chi connectivity index (χ2v) is 4.24. The van der Waals surface area contributed by atoms with Gasteiger partial charge in [0, 0.05) is 6.54 Å². The number of nitrogens with one attached hydrogen (secondary N) is 1. The van der Waals surface area contributed by atoms with Crippen LogP contribution in [0, 0.1) is 0 Å². The quantitative estimate of drug-likeness (QED) is 0.447. The summed E-state index contributed by atoms with van der Waals surface area (Å²) < 4.78 is 9.93. The molecule has 1 rings (SSSR count). The molecule has 110 valence electrons. The van der Waals surface area contributed by atoms with Gasteiger partial charge in [-0.1, -0.05) is 13.3 Å². The monoisotopic (exact) mass is 280 g/mol. The maximum absolute atomic E-state index is 11.8. The lowest BCUT2D eigenvalue weighted by Crippen LogP contribution is -2.29. The highest BCUT2D eigenvalue weighted by Crippen LogP contribution is 2.22. The van der Waals surface area contributed by atoms with Gasteiger partial charge >= 0.3 is 5.97 Å². The molecule has 0 bridgehead atoms. The first-order valence-corrected chi connectivity index (χ1v) is 6.45. The number of carbonyl (C=O) groups excluding carboxylic acids is 2. The molecule has 1 amide bonds. The first-order valence-electron chi connectivity index (χ1n) is 6.45. The van der Waals surface area contributed by atoms with Crippen molar-refractivity contribution >= 4 is 17.6 Å². The van der Waals surface area contributed by atoms with Crippen molar-refractivity contribution in [1.82, 2.24) is 5.32 Å². The molecule has 0 aliphatic carbocycles. The van der Waals surface area contributed by atoms with Crippen LogP contribution in [0.3, 0.4) is 0 Å². The molecule has 0 spiro atoms. The number of methoxy groups -OCH3 is 1. The maximum Gasteiger partial charge on any atom is 0.338 e. The molecule has 0 aliphatic rings. The fraction of sp³-hybridized carbons (Fsp3) is 0.429. The van der Waals surface area contributed by atoms with Crippen molar-refractivity contribution in [3.05, 3.63) is 23.8 Å². The Hall–Kier alpha value is -2.24. The molecule has 1 aromatic rings. The van der Waals surface area contributed by atoms with E-state index in [4.69, 9.17) is 15.2 Å². The highest BCUT2D eigenvalue weighted by atomic mass is 16.5. The molecule has 1 aromatic carbocycles. The topological polar surface area (TPSA) is 90.7 Å². The van der Waals surface area contributed by atoms with Crippen LogP contribution in [0.15, 0.2) is 18.2 Å². The van der Waals surface area contributed by atoms with Crippen LogP contribution in [0.1, 0.15) is 30.1 Å². The average Bonchev–Trinajstić information content (AvgIpc) is 2.45. The fourth-order valence-corrected chi connectivity index (χ4v) is 1.51. The van der Waals surface area contributed by atoms with Gasteiger partial charge in [0.2, 0.25) is 0 Å². The Kier molecular flexibility index (Phi) is 6.36. The molecule has 6 nitrogen and oxygen atoms in total. The number of hydrogen-bond donors (Lipinski definition) is 2. The van der Waals surface area contributed by atoms with E-state index in [0.29, 0.717) is 18.0 Å². The van der Waals surface area contributed by atoms with E-state index in [9.17, 15) is 9.59 Å². The zero-order chi connectivity index (χ0) is 15.0. The Morgan fingerprint density at radius 1 is 1.35 bits per heavy atom. The van der Waals surface area contributed by atoms with E-state index in [1.165, 1.54) is 19.2 Å². The van der Waals surface area contributed by atoms with E-state index in [-0.39, 0.29) is 18.1 Å².